The average Bonchev–Trinajstić information content (AvgIpc) is 3.22. The van der Waals surface area contributed by atoms with Crippen molar-refractivity contribution in [2.75, 3.05) is 18.4 Å². The molecule has 0 unspecified atom stereocenters. The Hall–Kier alpha value is -3.11. The van der Waals surface area contributed by atoms with E-state index in [-0.39, 0.29) is 22.4 Å². The molecule has 0 saturated heterocycles. The van der Waals surface area contributed by atoms with Gasteiger partial charge in [0.05, 0.1) is 4.90 Å². The quantitative estimate of drug-likeness (QED) is 0.534. The number of halogens is 1. The van der Waals surface area contributed by atoms with Gasteiger partial charge in [0, 0.05) is 24.2 Å². The highest BCUT2D eigenvalue weighted by molar-refractivity contribution is 7.89. The van der Waals surface area contributed by atoms with E-state index in [4.69, 9.17) is 4.42 Å². The largest absolute Gasteiger partial charge is 0.403 e. The van der Waals surface area contributed by atoms with Crippen LogP contribution >= 0.6 is 0 Å². The lowest BCUT2D eigenvalue weighted by atomic mass is 10.2. The second-order valence-electron chi connectivity index (χ2n) is 6.80. The zero-order chi connectivity index (χ0) is 22.4. The third-order valence-corrected chi connectivity index (χ3v) is 6.35. The van der Waals surface area contributed by atoms with E-state index < -0.39 is 21.7 Å². The summed E-state index contributed by atoms with van der Waals surface area (Å²) in [6, 6.07) is 11.0. The number of nitrogens with one attached hydrogen (secondary N) is 1. The van der Waals surface area contributed by atoms with Crippen LogP contribution in [0.25, 0.3) is 11.5 Å². The molecule has 8 nitrogen and oxygen atoms in total. The van der Waals surface area contributed by atoms with Crippen LogP contribution in [0.1, 0.15) is 37.0 Å². The third-order valence-electron chi connectivity index (χ3n) is 4.44. The van der Waals surface area contributed by atoms with E-state index in [2.05, 4.69) is 15.5 Å². The molecular formula is C21H23FN4O4S. The number of sulfonamides is 1. The van der Waals surface area contributed by atoms with Gasteiger partial charge in [-0.25, -0.2) is 12.8 Å². The lowest BCUT2D eigenvalue weighted by molar-refractivity contribution is 0.102. The lowest BCUT2D eigenvalue weighted by Gasteiger charge is -2.21. The Morgan fingerprint density at radius 1 is 1.00 bits per heavy atom. The van der Waals surface area contributed by atoms with Gasteiger partial charge >= 0.3 is 6.01 Å². The minimum Gasteiger partial charge on any atom is -0.403 e. The van der Waals surface area contributed by atoms with Gasteiger partial charge in [0.25, 0.3) is 5.91 Å². The molecule has 1 N–H and O–H groups in total. The van der Waals surface area contributed by atoms with Gasteiger partial charge in [0.1, 0.15) is 5.82 Å². The molecule has 0 radical (unpaired) electrons. The molecule has 164 valence electrons. The summed E-state index contributed by atoms with van der Waals surface area (Å²) in [5, 5.41) is 10.0. The highest BCUT2D eigenvalue weighted by Gasteiger charge is 2.23. The third kappa shape index (κ3) is 5.33. The average molecular weight is 447 g/mol. The van der Waals surface area contributed by atoms with Crippen LogP contribution in [0.15, 0.2) is 57.8 Å². The van der Waals surface area contributed by atoms with E-state index in [1.165, 1.54) is 52.8 Å². The van der Waals surface area contributed by atoms with E-state index in [0.717, 1.165) is 0 Å². The Kier molecular flexibility index (Phi) is 7.13. The molecule has 0 saturated carbocycles. The molecule has 1 heterocycles. The molecule has 10 heteroatoms. The number of rotatable bonds is 9. The maximum absolute atomic E-state index is 13.0. The van der Waals surface area contributed by atoms with Crippen molar-refractivity contribution in [1.82, 2.24) is 14.5 Å². The van der Waals surface area contributed by atoms with Crippen molar-refractivity contribution in [1.29, 1.82) is 0 Å². The SMILES string of the molecule is CCCN(CCC)S(=O)(=O)c1ccc(C(=O)Nc2nnc(-c3ccc(F)cc3)o2)cc1. The summed E-state index contributed by atoms with van der Waals surface area (Å²) in [6.07, 6.45) is 1.42. The number of amides is 1. The second kappa shape index (κ2) is 9.80. The highest BCUT2D eigenvalue weighted by atomic mass is 32.2. The second-order valence-corrected chi connectivity index (χ2v) is 8.74. The predicted molar refractivity (Wildman–Crippen MR) is 113 cm³/mol. The summed E-state index contributed by atoms with van der Waals surface area (Å²) in [7, 11) is -3.62. The van der Waals surface area contributed by atoms with Gasteiger partial charge in [0.2, 0.25) is 15.9 Å². The van der Waals surface area contributed by atoms with E-state index >= 15 is 0 Å². The van der Waals surface area contributed by atoms with E-state index in [1.807, 2.05) is 13.8 Å². The van der Waals surface area contributed by atoms with Crippen LogP contribution in [0.2, 0.25) is 0 Å². The van der Waals surface area contributed by atoms with Crippen molar-refractivity contribution in [2.24, 2.45) is 0 Å². The smallest absolute Gasteiger partial charge is 0.322 e. The van der Waals surface area contributed by atoms with Gasteiger partial charge in [-0.3, -0.25) is 10.1 Å². The van der Waals surface area contributed by atoms with Crippen LogP contribution in [-0.2, 0) is 10.0 Å². The topological polar surface area (TPSA) is 105 Å². The fraction of sp³-hybridized carbons (Fsp3) is 0.286. The van der Waals surface area contributed by atoms with Crippen molar-refractivity contribution in [3.63, 3.8) is 0 Å². The van der Waals surface area contributed by atoms with Crippen molar-refractivity contribution in [2.45, 2.75) is 31.6 Å². The molecule has 0 aliphatic heterocycles. The summed E-state index contributed by atoms with van der Waals surface area (Å²) >= 11 is 0. The number of aromatic nitrogens is 2. The monoisotopic (exact) mass is 446 g/mol. The molecule has 1 amide bonds. The molecule has 2 aromatic carbocycles. The van der Waals surface area contributed by atoms with Gasteiger partial charge in [0.15, 0.2) is 0 Å². The summed E-state index contributed by atoms with van der Waals surface area (Å²) in [5.41, 5.74) is 0.741. The minimum atomic E-state index is -3.62. The summed E-state index contributed by atoms with van der Waals surface area (Å²) in [4.78, 5) is 12.6. The Morgan fingerprint density at radius 3 is 2.19 bits per heavy atom. The maximum atomic E-state index is 13.0. The van der Waals surface area contributed by atoms with Gasteiger partial charge in [-0.05, 0) is 61.4 Å². The number of hydrogen-bond acceptors (Lipinski definition) is 6. The van der Waals surface area contributed by atoms with Crippen molar-refractivity contribution < 1.29 is 22.0 Å². The fourth-order valence-corrected chi connectivity index (χ4v) is 4.55. The molecule has 0 spiro atoms. The molecule has 0 fully saturated rings. The first-order valence-corrected chi connectivity index (χ1v) is 11.3. The van der Waals surface area contributed by atoms with Crippen LogP contribution in [-0.4, -0.2) is 41.9 Å². The predicted octanol–water partition coefficient (Wildman–Crippen LogP) is 3.94. The van der Waals surface area contributed by atoms with Crippen LogP contribution < -0.4 is 5.32 Å². The number of hydrogen-bond donors (Lipinski definition) is 1. The minimum absolute atomic E-state index is 0.127. The van der Waals surface area contributed by atoms with Crippen molar-refractivity contribution in [3.8, 4) is 11.5 Å². The summed E-state index contributed by atoms with van der Waals surface area (Å²) in [6.45, 7) is 4.72. The zero-order valence-corrected chi connectivity index (χ0v) is 18.0. The summed E-state index contributed by atoms with van der Waals surface area (Å²) < 4.78 is 45.5. The van der Waals surface area contributed by atoms with Crippen LogP contribution in [0.3, 0.4) is 0 Å². The van der Waals surface area contributed by atoms with Crippen LogP contribution in [0.4, 0.5) is 10.4 Å². The molecule has 1 aromatic heterocycles. The van der Waals surface area contributed by atoms with Gasteiger partial charge in [-0.1, -0.05) is 18.9 Å². The highest BCUT2D eigenvalue weighted by Crippen LogP contribution is 2.21. The van der Waals surface area contributed by atoms with Gasteiger partial charge in [-0.2, -0.15) is 4.31 Å². The van der Waals surface area contributed by atoms with E-state index in [0.29, 0.717) is 31.5 Å². The number of anilines is 1. The normalized spacial score (nSPS) is 11.6. The van der Waals surface area contributed by atoms with Crippen molar-refractivity contribution >= 4 is 21.9 Å². The van der Waals surface area contributed by atoms with Crippen LogP contribution in [0.5, 0.6) is 0 Å². The van der Waals surface area contributed by atoms with E-state index in [1.54, 1.807) is 0 Å². The number of nitrogens with zero attached hydrogens (tertiary/aromatic N) is 3. The maximum Gasteiger partial charge on any atom is 0.322 e. The molecule has 3 rings (SSSR count). The fourth-order valence-electron chi connectivity index (χ4n) is 2.93. The molecule has 0 atom stereocenters. The number of carbonyl (C=O) groups is 1. The Labute approximate surface area is 180 Å². The van der Waals surface area contributed by atoms with Crippen LogP contribution in [0, 0.1) is 5.82 Å². The van der Waals surface area contributed by atoms with Gasteiger partial charge in [-0.15, -0.1) is 5.10 Å². The summed E-state index contributed by atoms with van der Waals surface area (Å²) in [5.74, 6) is -0.796. The first kappa shape index (κ1) is 22.6. The first-order chi connectivity index (χ1) is 14.8. The first-order valence-electron chi connectivity index (χ1n) is 9.86. The van der Waals surface area contributed by atoms with Gasteiger partial charge < -0.3 is 4.42 Å². The molecule has 0 aliphatic rings. The molecule has 0 bridgehead atoms. The molecule has 0 aliphatic carbocycles. The Balaban J connectivity index is 1.71. The van der Waals surface area contributed by atoms with E-state index in [9.17, 15) is 17.6 Å². The molecule has 3 aromatic rings. The molecular weight excluding hydrogens is 423 g/mol. The number of benzene rings is 2. The Morgan fingerprint density at radius 2 is 1.61 bits per heavy atom. The van der Waals surface area contributed by atoms with Crippen molar-refractivity contribution in [3.05, 3.63) is 59.9 Å². The molecule has 31 heavy (non-hydrogen) atoms. The number of carbonyl (C=O) groups excluding carboxylic acids is 1. The standard InChI is InChI=1S/C21H23FN4O4S/c1-3-13-26(14-4-2)31(28,29)18-11-7-15(8-12-18)19(27)23-21-25-24-20(30-21)16-5-9-17(22)10-6-16/h5-12H,3-4,13-14H2,1-2H3,(H,23,25,27). The lowest BCUT2D eigenvalue weighted by Crippen LogP contribution is -2.32. The zero-order valence-electron chi connectivity index (χ0n) is 17.2. The Bertz CT molecular complexity index is 1120.